The highest BCUT2D eigenvalue weighted by Gasteiger charge is 2.45. The van der Waals surface area contributed by atoms with Gasteiger partial charge in [0, 0.05) is 34.4 Å². The van der Waals surface area contributed by atoms with Crippen molar-refractivity contribution in [2.24, 2.45) is 16.6 Å². The maximum Gasteiger partial charge on any atom is 0.338 e. The normalized spacial score (nSPS) is 20.8. The van der Waals surface area contributed by atoms with E-state index in [4.69, 9.17) is 27.1 Å². The number of fused-ring (bicyclic) bond motifs is 1. The van der Waals surface area contributed by atoms with Crippen molar-refractivity contribution in [1.29, 1.82) is 0 Å². The highest BCUT2D eigenvalue weighted by Crippen LogP contribution is 2.44. The first-order chi connectivity index (χ1) is 14.4. The van der Waals surface area contributed by atoms with Crippen LogP contribution in [0.15, 0.2) is 46.0 Å². The van der Waals surface area contributed by atoms with Gasteiger partial charge in [-0.05, 0) is 25.5 Å². The predicted molar refractivity (Wildman–Crippen MR) is 110 cm³/mol. The van der Waals surface area contributed by atoms with Crippen molar-refractivity contribution < 1.29 is 18.7 Å². The van der Waals surface area contributed by atoms with Gasteiger partial charge in [-0.15, -0.1) is 11.3 Å². The number of amides is 1. The lowest BCUT2D eigenvalue weighted by Gasteiger charge is -2.33. The van der Waals surface area contributed by atoms with Gasteiger partial charge in [-0.1, -0.05) is 17.7 Å². The molecule has 0 bridgehead atoms. The van der Waals surface area contributed by atoms with E-state index in [1.54, 1.807) is 18.0 Å². The lowest BCUT2D eigenvalue weighted by Crippen LogP contribution is -2.38. The van der Waals surface area contributed by atoms with Crippen molar-refractivity contribution in [3.05, 3.63) is 62.5 Å². The average Bonchev–Trinajstić information content (AvgIpc) is 3.37. The first kappa shape index (κ1) is 20.5. The van der Waals surface area contributed by atoms with Gasteiger partial charge in [0.25, 0.3) is 0 Å². The summed E-state index contributed by atoms with van der Waals surface area (Å²) in [7, 11) is 0. The molecule has 1 unspecified atom stereocenters. The van der Waals surface area contributed by atoms with Crippen molar-refractivity contribution in [2.45, 2.75) is 19.4 Å². The summed E-state index contributed by atoms with van der Waals surface area (Å²) < 4.78 is 19.0. The largest absolute Gasteiger partial charge is 0.463 e. The molecule has 2 aromatic rings. The number of aromatic nitrogens is 1. The molecule has 1 aromatic carbocycles. The van der Waals surface area contributed by atoms with Crippen LogP contribution in [0.4, 0.5) is 4.39 Å². The molecule has 0 radical (unpaired) electrons. The summed E-state index contributed by atoms with van der Waals surface area (Å²) in [4.78, 5) is 36.1. The number of benzene rings is 1. The van der Waals surface area contributed by atoms with Crippen molar-refractivity contribution in [1.82, 2.24) is 9.88 Å². The Morgan fingerprint density at radius 2 is 2.23 bits per heavy atom. The molecule has 7 nitrogen and oxygen atoms in total. The molecule has 3 heterocycles. The SMILES string of the molecule is CCOC(=O)C1=C2C(C(N)=O)CCN2C(c2nccs2)=N[C@H]1c1ccc(F)cc1Cl. The van der Waals surface area contributed by atoms with Crippen LogP contribution in [0.5, 0.6) is 0 Å². The van der Waals surface area contributed by atoms with Crippen LogP contribution in [0.3, 0.4) is 0 Å². The third-order valence-corrected chi connectivity index (χ3v) is 6.13. The monoisotopic (exact) mass is 448 g/mol. The second-order valence-electron chi connectivity index (χ2n) is 6.77. The molecule has 2 N–H and O–H groups in total. The molecule has 4 rings (SSSR count). The molecule has 156 valence electrons. The minimum Gasteiger partial charge on any atom is -0.463 e. The maximum absolute atomic E-state index is 13.7. The van der Waals surface area contributed by atoms with Crippen molar-refractivity contribution in [2.75, 3.05) is 13.2 Å². The Morgan fingerprint density at radius 3 is 2.87 bits per heavy atom. The molecule has 30 heavy (non-hydrogen) atoms. The van der Waals surface area contributed by atoms with Crippen molar-refractivity contribution in [3.63, 3.8) is 0 Å². The first-order valence-electron chi connectivity index (χ1n) is 9.33. The van der Waals surface area contributed by atoms with Gasteiger partial charge in [0.1, 0.15) is 11.9 Å². The Labute approximate surface area is 181 Å². The quantitative estimate of drug-likeness (QED) is 0.709. The maximum atomic E-state index is 13.7. The van der Waals surface area contributed by atoms with E-state index >= 15 is 0 Å². The average molecular weight is 449 g/mol. The molecule has 0 saturated carbocycles. The summed E-state index contributed by atoms with van der Waals surface area (Å²) in [5, 5.41) is 2.55. The fraction of sp³-hybridized carbons (Fsp3) is 0.300. The number of amidine groups is 1. The third kappa shape index (κ3) is 3.48. The number of esters is 1. The molecule has 1 amide bonds. The van der Waals surface area contributed by atoms with E-state index in [1.165, 1.54) is 23.5 Å². The van der Waals surface area contributed by atoms with Crippen LogP contribution < -0.4 is 5.73 Å². The summed E-state index contributed by atoms with van der Waals surface area (Å²) >= 11 is 7.70. The highest BCUT2D eigenvalue weighted by atomic mass is 35.5. The van der Waals surface area contributed by atoms with Crippen LogP contribution in [0, 0.1) is 11.7 Å². The second kappa shape index (κ2) is 8.16. The summed E-state index contributed by atoms with van der Waals surface area (Å²) in [6.45, 7) is 2.28. The van der Waals surface area contributed by atoms with E-state index in [0.717, 1.165) is 6.07 Å². The van der Waals surface area contributed by atoms with Crippen LogP contribution in [-0.2, 0) is 14.3 Å². The molecular weight excluding hydrogens is 431 g/mol. The van der Waals surface area contributed by atoms with Crippen LogP contribution in [-0.4, -0.2) is 40.7 Å². The van der Waals surface area contributed by atoms with E-state index in [-0.39, 0.29) is 17.2 Å². The van der Waals surface area contributed by atoms with Gasteiger partial charge in [0.05, 0.1) is 18.1 Å². The van der Waals surface area contributed by atoms with Crippen LogP contribution in [0.25, 0.3) is 0 Å². The minimum absolute atomic E-state index is 0.117. The Morgan fingerprint density at radius 1 is 1.43 bits per heavy atom. The number of carbonyl (C=O) groups is 2. The van der Waals surface area contributed by atoms with Gasteiger partial charge in [0.2, 0.25) is 5.91 Å². The van der Waals surface area contributed by atoms with Crippen molar-refractivity contribution in [3.8, 4) is 0 Å². The van der Waals surface area contributed by atoms with Gasteiger partial charge in [0.15, 0.2) is 10.8 Å². The predicted octanol–water partition coefficient (Wildman–Crippen LogP) is 3.06. The van der Waals surface area contributed by atoms with Crippen LogP contribution in [0.2, 0.25) is 5.02 Å². The Kier molecular flexibility index (Phi) is 5.57. The number of rotatable bonds is 5. The van der Waals surface area contributed by atoms with Gasteiger partial charge >= 0.3 is 5.97 Å². The van der Waals surface area contributed by atoms with E-state index in [2.05, 4.69) is 4.98 Å². The molecule has 2 aliphatic heterocycles. The van der Waals surface area contributed by atoms with E-state index in [9.17, 15) is 14.0 Å². The molecule has 0 aliphatic carbocycles. The smallest absolute Gasteiger partial charge is 0.338 e. The number of hydrogen-bond acceptors (Lipinski definition) is 7. The van der Waals surface area contributed by atoms with Gasteiger partial charge in [-0.3, -0.25) is 9.79 Å². The van der Waals surface area contributed by atoms with Gasteiger partial charge < -0.3 is 15.4 Å². The molecule has 1 saturated heterocycles. The fourth-order valence-corrected chi connectivity index (χ4v) is 4.72. The van der Waals surface area contributed by atoms with Crippen molar-refractivity contribution >= 4 is 40.6 Å². The van der Waals surface area contributed by atoms with Gasteiger partial charge in [-0.25, -0.2) is 14.2 Å². The standard InChI is InChI=1S/C20H18ClFN4O3S/c1-2-29-20(28)14-15(11-4-3-10(22)9-13(11)21)25-18(19-24-6-8-30-19)26-7-5-12(16(14)26)17(23)27/h3-4,6,8-9,12,15H,2,5,7H2,1H3,(H2,23,27)/t12?,15-/m0/s1. The Balaban J connectivity index is 1.97. The first-order valence-corrected chi connectivity index (χ1v) is 10.6. The summed E-state index contributed by atoms with van der Waals surface area (Å²) in [6, 6.07) is 3.01. The Bertz CT molecular complexity index is 1070. The highest BCUT2D eigenvalue weighted by molar-refractivity contribution is 7.11. The molecule has 2 atom stereocenters. The van der Waals surface area contributed by atoms with Crippen LogP contribution >= 0.6 is 22.9 Å². The zero-order chi connectivity index (χ0) is 21.4. The van der Waals surface area contributed by atoms with E-state index < -0.39 is 29.7 Å². The number of hydrogen-bond donors (Lipinski definition) is 1. The lowest BCUT2D eigenvalue weighted by atomic mass is 9.90. The molecule has 10 heteroatoms. The second-order valence-corrected chi connectivity index (χ2v) is 8.07. The number of primary amides is 1. The number of thiazole rings is 1. The zero-order valence-corrected chi connectivity index (χ0v) is 17.5. The number of halogens is 2. The molecule has 1 fully saturated rings. The summed E-state index contributed by atoms with van der Waals surface area (Å²) in [5.74, 6) is -1.83. The lowest BCUT2D eigenvalue weighted by molar-refractivity contribution is -0.139. The fourth-order valence-electron chi connectivity index (χ4n) is 3.81. The van der Waals surface area contributed by atoms with E-state index in [1.807, 2.05) is 5.38 Å². The summed E-state index contributed by atoms with van der Waals surface area (Å²) in [6.07, 6.45) is 2.08. The molecule has 2 aliphatic rings. The summed E-state index contributed by atoms with van der Waals surface area (Å²) in [5.41, 5.74) is 6.72. The number of carbonyl (C=O) groups excluding carboxylic acids is 2. The molecule has 0 spiro atoms. The topological polar surface area (TPSA) is 97.9 Å². The van der Waals surface area contributed by atoms with Crippen LogP contribution in [0.1, 0.15) is 30.0 Å². The zero-order valence-electron chi connectivity index (χ0n) is 16.0. The number of aliphatic imine (C=N–C) groups is 1. The molecular formula is C20H18ClFN4O3S. The van der Waals surface area contributed by atoms with E-state index in [0.29, 0.717) is 35.1 Å². The van der Waals surface area contributed by atoms with Gasteiger partial charge in [-0.2, -0.15) is 0 Å². The minimum atomic E-state index is -0.887. The number of ether oxygens (including phenoxy) is 1. The third-order valence-electron chi connectivity index (χ3n) is 5.04. The Hall–Kier alpha value is -2.78. The number of nitrogens with two attached hydrogens (primary N) is 1. The molecule has 1 aromatic heterocycles. The number of nitrogens with zero attached hydrogens (tertiary/aromatic N) is 3.